The lowest BCUT2D eigenvalue weighted by molar-refractivity contribution is -0.133. The molecule has 5 aliphatic rings. The Kier molecular flexibility index (Phi) is 23.5. The van der Waals surface area contributed by atoms with Crippen LogP contribution in [0.3, 0.4) is 0 Å². The van der Waals surface area contributed by atoms with E-state index in [1.165, 1.54) is 78.9 Å². The molecule has 0 unspecified atom stereocenters. The van der Waals surface area contributed by atoms with Gasteiger partial charge in [0.05, 0.1) is 36.4 Å². The van der Waals surface area contributed by atoms with Gasteiger partial charge in [0.1, 0.15) is 19.8 Å². The summed E-state index contributed by atoms with van der Waals surface area (Å²) in [6, 6.07) is 29.9. The molecule has 3 amide bonds. The minimum absolute atomic E-state index is 0.117. The third-order valence-electron chi connectivity index (χ3n) is 13.6. The van der Waals surface area contributed by atoms with E-state index in [0.29, 0.717) is 55.6 Å². The summed E-state index contributed by atoms with van der Waals surface area (Å²) in [5, 5.41) is 31.1. The van der Waals surface area contributed by atoms with Crippen LogP contribution in [0.1, 0.15) is 121 Å². The predicted octanol–water partition coefficient (Wildman–Crippen LogP) is 10.5. The van der Waals surface area contributed by atoms with Gasteiger partial charge in [-0.15, -0.1) is 0 Å². The molecule has 2 saturated carbocycles. The second-order valence-electron chi connectivity index (χ2n) is 18.7. The van der Waals surface area contributed by atoms with Crippen molar-refractivity contribution >= 4 is 36.2 Å². The Morgan fingerprint density at radius 1 is 0.425 bits per heavy atom. The number of carbonyl (C=O) groups is 6. The second-order valence-corrected chi connectivity index (χ2v) is 18.7. The maximum Gasteiger partial charge on any atom is 0.410 e. The SMILES string of the molecule is C1CCC(NC2CCCCC2)CC1.CCC1=C(C(=O)O)CN(C(=O)OCc2ccccc2)C1.CCC1=C(C(=O)O)CN(C(=O)OCc2ccccc2)C1.CCC1=C(C(=O)O)CN(C(=O)OCc2ccccc2)C1. The number of benzene rings is 3. The lowest BCUT2D eigenvalue weighted by Crippen LogP contribution is -2.40. The molecule has 8 rings (SSSR count). The number of rotatable bonds is 14. The Morgan fingerprint density at radius 3 is 0.904 bits per heavy atom. The zero-order chi connectivity index (χ0) is 52.5. The number of aliphatic carboxylic acids is 3. The molecule has 16 heteroatoms. The summed E-state index contributed by atoms with van der Waals surface area (Å²) in [5.74, 6) is -2.87. The number of ether oxygens (including phenoxy) is 3. The number of hydrogen-bond acceptors (Lipinski definition) is 10. The van der Waals surface area contributed by atoms with Gasteiger partial charge in [0.2, 0.25) is 0 Å². The molecule has 0 saturated heterocycles. The van der Waals surface area contributed by atoms with E-state index in [4.69, 9.17) is 29.5 Å². The van der Waals surface area contributed by atoms with E-state index in [2.05, 4.69) is 5.32 Å². The van der Waals surface area contributed by atoms with Crippen LogP contribution in [0.4, 0.5) is 14.4 Å². The molecule has 16 nitrogen and oxygen atoms in total. The number of carboxylic acids is 3. The Hall–Kier alpha value is -6.94. The smallest absolute Gasteiger partial charge is 0.410 e. The second kappa shape index (κ2) is 30.2. The first-order chi connectivity index (χ1) is 35.3. The van der Waals surface area contributed by atoms with E-state index < -0.39 is 36.2 Å². The van der Waals surface area contributed by atoms with Crippen LogP contribution >= 0.6 is 0 Å². The highest BCUT2D eigenvalue weighted by Crippen LogP contribution is 2.25. The molecule has 0 spiro atoms. The fourth-order valence-electron chi connectivity index (χ4n) is 9.38. The van der Waals surface area contributed by atoms with E-state index in [1.807, 2.05) is 112 Å². The molecular formula is C57H74N4O12. The standard InChI is InChI=1S/3C15H17NO4.C12H23N/c3*1-2-12-8-16(9-13(12)14(17)18)15(19)20-10-11-6-4-3-5-7-11;1-3-7-11(8-4-1)13-12-9-5-2-6-10-12/h3*3-7H,2,8-10H2,1H3,(H,17,18);11-13H,1-10H2. The number of hydrogen-bond donors (Lipinski definition) is 4. The highest BCUT2D eigenvalue weighted by molar-refractivity contribution is 5.91. The first-order valence-corrected chi connectivity index (χ1v) is 25.7. The molecule has 0 atom stereocenters. The van der Waals surface area contributed by atoms with Crippen molar-refractivity contribution in [1.29, 1.82) is 0 Å². The molecule has 3 aromatic carbocycles. The van der Waals surface area contributed by atoms with Crippen LogP contribution in [0, 0.1) is 0 Å². The minimum Gasteiger partial charge on any atom is -0.478 e. The van der Waals surface area contributed by atoms with Gasteiger partial charge in [0, 0.05) is 31.7 Å². The van der Waals surface area contributed by atoms with Crippen molar-refractivity contribution in [1.82, 2.24) is 20.0 Å². The van der Waals surface area contributed by atoms with E-state index in [9.17, 15) is 28.8 Å². The molecule has 2 aliphatic carbocycles. The molecule has 394 valence electrons. The molecular weight excluding hydrogens is 933 g/mol. The van der Waals surface area contributed by atoms with Gasteiger partial charge in [-0.3, -0.25) is 14.7 Å². The predicted molar refractivity (Wildman–Crippen MR) is 276 cm³/mol. The molecule has 0 radical (unpaired) electrons. The Balaban J connectivity index is 0.000000182. The van der Waals surface area contributed by atoms with Crippen molar-refractivity contribution in [2.75, 3.05) is 39.3 Å². The van der Waals surface area contributed by atoms with E-state index >= 15 is 0 Å². The number of nitrogens with zero attached hydrogens (tertiary/aromatic N) is 3. The maximum atomic E-state index is 11.9. The van der Waals surface area contributed by atoms with E-state index in [-0.39, 0.29) is 39.5 Å². The Bertz CT molecular complexity index is 2120. The van der Waals surface area contributed by atoms with Gasteiger partial charge in [0.15, 0.2) is 0 Å². The average molecular weight is 1010 g/mol. The summed E-state index contributed by atoms with van der Waals surface area (Å²) in [7, 11) is 0. The Labute approximate surface area is 429 Å². The van der Waals surface area contributed by atoms with Gasteiger partial charge in [-0.25, -0.2) is 28.8 Å². The highest BCUT2D eigenvalue weighted by Gasteiger charge is 2.32. The summed E-state index contributed by atoms with van der Waals surface area (Å²) in [5.41, 5.74) is 6.00. The first kappa shape index (κ1) is 57.0. The number of nitrogens with one attached hydrogen (secondary N) is 1. The van der Waals surface area contributed by atoms with Crippen LogP contribution in [-0.4, -0.2) is 118 Å². The normalized spacial score (nSPS) is 16.9. The topological polar surface area (TPSA) is 213 Å². The number of carboxylic acid groups (broad SMARTS) is 3. The van der Waals surface area contributed by atoms with E-state index in [0.717, 1.165) is 45.5 Å². The maximum absolute atomic E-state index is 11.9. The zero-order valence-electron chi connectivity index (χ0n) is 42.7. The van der Waals surface area contributed by atoms with Gasteiger partial charge in [-0.1, -0.05) is 150 Å². The lowest BCUT2D eigenvalue weighted by Gasteiger charge is -2.30. The van der Waals surface area contributed by atoms with E-state index in [1.54, 1.807) is 0 Å². The summed E-state index contributed by atoms with van der Waals surface area (Å²) < 4.78 is 15.6. The van der Waals surface area contributed by atoms with Crippen LogP contribution in [0.5, 0.6) is 0 Å². The molecule has 0 aromatic heterocycles. The average Bonchev–Trinajstić information content (AvgIpc) is 4.19. The summed E-state index contributed by atoms with van der Waals surface area (Å²) in [6.07, 6.45) is 15.0. The molecule has 73 heavy (non-hydrogen) atoms. The fourth-order valence-corrected chi connectivity index (χ4v) is 9.38. The molecule has 4 N–H and O–H groups in total. The van der Waals surface area contributed by atoms with Crippen LogP contribution in [-0.2, 0) is 48.4 Å². The van der Waals surface area contributed by atoms with Crippen molar-refractivity contribution in [2.45, 2.75) is 136 Å². The third-order valence-corrected chi connectivity index (χ3v) is 13.6. The van der Waals surface area contributed by atoms with Gasteiger partial charge in [-0.2, -0.15) is 0 Å². The summed E-state index contributed by atoms with van der Waals surface area (Å²) in [4.78, 5) is 73.3. The number of carbonyl (C=O) groups excluding carboxylic acids is 3. The molecule has 3 aromatic rings. The lowest BCUT2D eigenvalue weighted by atomic mass is 9.91. The van der Waals surface area contributed by atoms with Crippen molar-refractivity contribution in [3.05, 3.63) is 141 Å². The van der Waals surface area contributed by atoms with Crippen LogP contribution in [0.15, 0.2) is 124 Å². The molecule has 3 heterocycles. The quantitative estimate of drug-likeness (QED) is 0.111. The summed E-state index contributed by atoms with van der Waals surface area (Å²) >= 11 is 0. The van der Waals surface area contributed by atoms with Crippen LogP contribution < -0.4 is 5.32 Å². The number of amides is 3. The minimum atomic E-state index is -0.958. The molecule has 3 aliphatic heterocycles. The van der Waals surface area contributed by atoms with Gasteiger partial charge in [0.25, 0.3) is 0 Å². The van der Waals surface area contributed by atoms with Gasteiger partial charge in [-0.05, 0) is 78.4 Å². The van der Waals surface area contributed by atoms with Crippen molar-refractivity contribution in [2.24, 2.45) is 0 Å². The molecule has 0 bridgehead atoms. The largest absolute Gasteiger partial charge is 0.478 e. The Morgan fingerprint density at radius 2 is 0.685 bits per heavy atom. The van der Waals surface area contributed by atoms with Crippen molar-refractivity contribution in [3.8, 4) is 0 Å². The van der Waals surface area contributed by atoms with Crippen molar-refractivity contribution < 1.29 is 58.3 Å². The van der Waals surface area contributed by atoms with Crippen LogP contribution in [0.2, 0.25) is 0 Å². The van der Waals surface area contributed by atoms with Crippen LogP contribution in [0.25, 0.3) is 0 Å². The highest BCUT2D eigenvalue weighted by atomic mass is 16.6. The van der Waals surface area contributed by atoms with Gasteiger partial charge >= 0.3 is 36.2 Å². The monoisotopic (exact) mass is 1010 g/mol. The summed E-state index contributed by atoms with van der Waals surface area (Å²) in [6.45, 7) is 7.61. The zero-order valence-corrected chi connectivity index (χ0v) is 42.7. The van der Waals surface area contributed by atoms with Crippen molar-refractivity contribution in [3.63, 3.8) is 0 Å². The first-order valence-electron chi connectivity index (χ1n) is 25.7. The van der Waals surface area contributed by atoms with Gasteiger partial charge < -0.3 is 34.8 Å². The molecule has 2 fully saturated rings. The fraction of sp³-hybridized carbons (Fsp3) is 0.474. The third kappa shape index (κ3) is 18.6.